The number of anilines is 1. The summed E-state index contributed by atoms with van der Waals surface area (Å²) in [6.07, 6.45) is 3.16. The van der Waals surface area contributed by atoms with E-state index >= 15 is 0 Å². The average Bonchev–Trinajstić information content (AvgIpc) is 3.37. The van der Waals surface area contributed by atoms with Crippen LogP contribution in [-0.4, -0.2) is 57.0 Å². The van der Waals surface area contributed by atoms with E-state index in [1.54, 1.807) is 23.1 Å². The zero-order valence-corrected chi connectivity index (χ0v) is 19.3. The normalized spacial score (nSPS) is 17.7. The zero-order chi connectivity index (χ0) is 21.2. The van der Waals surface area contributed by atoms with Crippen molar-refractivity contribution in [2.24, 2.45) is 0 Å². The number of carbonyl (C=O) groups is 1. The predicted octanol–water partition coefficient (Wildman–Crippen LogP) is 4.09. The molecule has 1 unspecified atom stereocenters. The van der Waals surface area contributed by atoms with Crippen LogP contribution in [0, 0.1) is 0 Å². The standard InChI is InChI=1S/C23H27N5OS2/c1-17(22(29)27-13-11-26(12-14-27)18-6-3-2-4-7-18)31-23-25-24-21(28(23)19-9-10-19)16-20-8-5-15-30-20/h2-8,15,17,19H,9-14,16H2,1H3. The predicted molar refractivity (Wildman–Crippen MR) is 126 cm³/mol. The van der Waals surface area contributed by atoms with Gasteiger partial charge in [-0.1, -0.05) is 36.0 Å². The molecule has 1 atom stereocenters. The van der Waals surface area contributed by atoms with Gasteiger partial charge in [-0.15, -0.1) is 21.5 Å². The monoisotopic (exact) mass is 453 g/mol. The van der Waals surface area contributed by atoms with E-state index < -0.39 is 0 Å². The van der Waals surface area contributed by atoms with Crippen LogP contribution in [0.4, 0.5) is 5.69 Å². The van der Waals surface area contributed by atoms with Crippen LogP contribution < -0.4 is 4.90 Å². The lowest BCUT2D eigenvalue weighted by atomic mass is 10.2. The number of piperazine rings is 1. The minimum Gasteiger partial charge on any atom is -0.368 e. The van der Waals surface area contributed by atoms with E-state index in [2.05, 4.69) is 61.4 Å². The molecule has 1 aliphatic heterocycles. The smallest absolute Gasteiger partial charge is 0.236 e. The van der Waals surface area contributed by atoms with Crippen molar-refractivity contribution < 1.29 is 4.79 Å². The number of para-hydroxylation sites is 1. The highest BCUT2D eigenvalue weighted by atomic mass is 32.2. The number of thioether (sulfide) groups is 1. The van der Waals surface area contributed by atoms with E-state index in [-0.39, 0.29) is 11.2 Å². The lowest BCUT2D eigenvalue weighted by Gasteiger charge is -2.37. The van der Waals surface area contributed by atoms with E-state index in [1.165, 1.54) is 23.4 Å². The molecular formula is C23H27N5OS2. The van der Waals surface area contributed by atoms with Crippen LogP contribution in [-0.2, 0) is 11.2 Å². The SMILES string of the molecule is CC(Sc1nnc(Cc2cccs2)n1C1CC1)C(=O)N1CCN(c2ccccc2)CC1. The van der Waals surface area contributed by atoms with E-state index in [1.807, 2.05) is 17.9 Å². The summed E-state index contributed by atoms with van der Waals surface area (Å²) in [6, 6.07) is 15.1. The van der Waals surface area contributed by atoms with E-state index in [0.717, 1.165) is 43.6 Å². The van der Waals surface area contributed by atoms with Gasteiger partial charge in [0.25, 0.3) is 0 Å². The van der Waals surface area contributed by atoms with Crippen molar-refractivity contribution in [1.82, 2.24) is 19.7 Å². The fraction of sp³-hybridized carbons (Fsp3) is 0.435. The molecule has 5 rings (SSSR count). The highest BCUT2D eigenvalue weighted by molar-refractivity contribution is 8.00. The maximum absolute atomic E-state index is 13.1. The van der Waals surface area contributed by atoms with Gasteiger partial charge in [-0.05, 0) is 43.3 Å². The van der Waals surface area contributed by atoms with Crippen molar-refractivity contribution in [1.29, 1.82) is 0 Å². The molecule has 31 heavy (non-hydrogen) atoms. The summed E-state index contributed by atoms with van der Waals surface area (Å²) >= 11 is 3.31. The number of rotatable bonds is 7. The fourth-order valence-electron chi connectivity index (χ4n) is 4.07. The first-order valence-corrected chi connectivity index (χ1v) is 12.7. The van der Waals surface area contributed by atoms with E-state index in [0.29, 0.717) is 6.04 Å². The number of amides is 1. The molecule has 1 amide bonds. The molecule has 0 N–H and O–H groups in total. The van der Waals surface area contributed by atoms with Gasteiger partial charge in [-0.3, -0.25) is 4.79 Å². The summed E-state index contributed by atoms with van der Waals surface area (Å²) in [5, 5.41) is 11.8. The van der Waals surface area contributed by atoms with Gasteiger partial charge in [0.2, 0.25) is 5.91 Å². The Kier molecular flexibility index (Phi) is 6.00. The third kappa shape index (κ3) is 4.65. The lowest BCUT2D eigenvalue weighted by molar-refractivity contribution is -0.130. The van der Waals surface area contributed by atoms with Crippen LogP contribution >= 0.6 is 23.1 Å². The summed E-state index contributed by atoms with van der Waals surface area (Å²) < 4.78 is 2.28. The molecule has 162 valence electrons. The Balaban J connectivity index is 1.22. The molecule has 2 aliphatic rings. The molecule has 1 aliphatic carbocycles. The second-order valence-corrected chi connectivity index (χ2v) is 10.5. The van der Waals surface area contributed by atoms with Gasteiger partial charge in [0.1, 0.15) is 5.82 Å². The number of thiophene rings is 1. The van der Waals surface area contributed by atoms with Gasteiger partial charge >= 0.3 is 0 Å². The molecule has 0 radical (unpaired) electrons. The van der Waals surface area contributed by atoms with Crippen molar-refractivity contribution >= 4 is 34.7 Å². The Bertz CT molecular complexity index is 1010. The summed E-state index contributed by atoms with van der Waals surface area (Å²) in [4.78, 5) is 18.8. The molecule has 2 aromatic heterocycles. The van der Waals surface area contributed by atoms with Crippen molar-refractivity contribution in [2.45, 2.75) is 42.6 Å². The first-order valence-electron chi connectivity index (χ1n) is 10.9. The summed E-state index contributed by atoms with van der Waals surface area (Å²) in [6.45, 7) is 5.27. The average molecular weight is 454 g/mol. The molecule has 2 fully saturated rings. The van der Waals surface area contributed by atoms with Crippen molar-refractivity contribution in [3.63, 3.8) is 0 Å². The Hall–Kier alpha value is -2.32. The minimum atomic E-state index is -0.167. The molecule has 1 saturated heterocycles. The molecule has 6 nitrogen and oxygen atoms in total. The van der Waals surface area contributed by atoms with E-state index in [9.17, 15) is 4.79 Å². The minimum absolute atomic E-state index is 0.167. The molecular weight excluding hydrogens is 426 g/mol. The largest absolute Gasteiger partial charge is 0.368 e. The van der Waals surface area contributed by atoms with Crippen molar-refractivity contribution in [2.75, 3.05) is 31.1 Å². The highest BCUT2D eigenvalue weighted by Crippen LogP contribution is 2.40. The molecule has 1 saturated carbocycles. The van der Waals surface area contributed by atoms with Crippen LogP contribution in [0.25, 0.3) is 0 Å². The second kappa shape index (κ2) is 9.04. The number of hydrogen-bond donors (Lipinski definition) is 0. The molecule has 3 heterocycles. The quantitative estimate of drug-likeness (QED) is 0.504. The van der Waals surface area contributed by atoms with Crippen LogP contribution in [0.5, 0.6) is 0 Å². The Morgan fingerprint density at radius 1 is 1.10 bits per heavy atom. The first-order chi connectivity index (χ1) is 15.2. The maximum atomic E-state index is 13.1. The third-order valence-corrected chi connectivity index (χ3v) is 7.82. The van der Waals surface area contributed by atoms with Gasteiger partial charge in [-0.2, -0.15) is 0 Å². The number of benzene rings is 1. The topological polar surface area (TPSA) is 54.3 Å². The second-order valence-electron chi connectivity index (χ2n) is 8.16. The van der Waals surface area contributed by atoms with Crippen LogP contribution in [0.3, 0.4) is 0 Å². The summed E-state index contributed by atoms with van der Waals surface area (Å²) in [7, 11) is 0. The molecule has 1 aromatic carbocycles. The van der Waals surface area contributed by atoms with Gasteiger partial charge < -0.3 is 14.4 Å². The Labute approximate surface area is 191 Å². The zero-order valence-electron chi connectivity index (χ0n) is 17.7. The van der Waals surface area contributed by atoms with Gasteiger partial charge in [0.15, 0.2) is 5.16 Å². The van der Waals surface area contributed by atoms with Gasteiger partial charge in [-0.25, -0.2) is 0 Å². The number of carbonyl (C=O) groups excluding carboxylic acids is 1. The van der Waals surface area contributed by atoms with Crippen LogP contribution in [0.1, 0.15) is 36.5 Å². The molecule has 0 spiro atoms. The first kappa shape index (κ1) is 20.6. The number of nitrogens with zero attached hydrogens (tertiary/aromatic N) is 5. The Morgan fingerprint density at radius 2 is 1.87 bits per heavy atom. The Morgan fingerprint density at radius 3 is 2.55 bits per heavy atom. The maximum Gasteiger partial charge on any atom is 0.236 e. The molecule has 0 bridgehead atoms. The van der Waals surface area contributed by atoms with Crippen LogP contribution in [0.2, 0.25) is 0 Å². The third-order valence-electron chi connectivity index (χ3n) is 5.90. The highest BCUT2D eigenvalue weighted by Gasteiger charge is 2.32. The summed E-state index contributed by atoms with van der Waals surface area (Å²) in [5.41, 5.74) is 1.23. The number of aromatic nitrogens is 3. The van der Waals surface area contributed by atoms with Crippen molar-refractivity contribution in [3.8, 4) is 0 Å². The summed E-state index contributed by atoms with van der Waals surface area (Å²) in [5.74, 6) is 1.21. The number of hydrogen-bond acceptors (Lipinski definition) is 6. The molecule has 8 heteroatoms. The lowest BCUT2D eigenvalue weighted by Crippen LogP contribution is -2.50. The fourth-order valence-corrected chi connectivity index (χ4v) is 5.79. The van der Waals surface area contributed by atoms with E-state index in [4.69, 9.17) is 0 Å². The molecule has 3 aromatic rings. The van der Waals surface area contributed by atoms with Gasteiger partial charge in [0.05, 0.1) is 5.25 Å². The van der Waals surface area contributed by atoms with Gasteiger partial charge in [0, 0.05) is 49.2 Å². The van der Waals surface area contributed by atoms with Crippen LogP contribution in [0.15, 0.2) is 53.0 Å². The van der Waals surface area contributed by atoms with Crippen molar-refractivity contribution in [3.05, 3.63) is 58.5 Å².